The van der Waals surface area contributed by atoms with Crippen LogP contribution in [0.3, 0.4) is 0 Å². The van der Waals surface area contributed by atoms with E-state index in [9.17, 15) is 22.0 Å². The minimum atomic E-state index is -4.79. The van der Waals surface area contributed by atoms with Crippen LogP contribution in [0, 0.1) is 0 Å². The molecule has 0 aliphatic heterocycles. The van der Waals surface area contributed by atoms with Gasteiger partial charge in [0.1, 0.15) is 6.61 Å². The molecule has 0 saturated heterocycles. The highest BCUT2D eigenvalue weighted by atomic mass is 35.5. The molecule has 0 bridgehead atoms. The van der Waals surface area contributed by atoms with Crippen LogP contribution in [0.4, 0.5) is 22.0 Å². The lowest BCUT2D eigenvalue weighted by atomic mass is 9.96. The van der Waals surface area contributed by atoms with Gasteiger partial charge in [-0.1, -0.05) is 29.8 Å². The second kappa shape index (κ2) is 4.12. The van der Waals surface area contributed by atoms with Gasteiger partial charge in [-0.25, -0.2) is 4.39 Å². The first-order valence-electron chi connectivity index (χ1n) is 4.81. The Hall–Kier alpha value is -1.30. The van der Waals surface area contributed by atoms with Crippen LogP contribution >= 0.6 is 11.6 Å². The summed E-state index contributed by atoms with van der Waals surface area (Å²) in [5.74, 6) is -13.3. The van der Waals surface area contributed by atoms with E-state index < -0.39 is 30.0 Å². The Balaban J connectivity index is 2.14. The smallest absolute Gasteiger partial charge is 0.375 e. The van der Waals surface area contributed by atoms with Gasteiger partial charge in [0.2, 0.25) is 11.6 Å². The number of benzene rings is 1. The van der Waals surface area contributed by atoms with Gasteiger partial charge >= 0.3 is 11.8 Å². The summed E-state index contributed by atoms with van der Waals surface area (Å²) >= 11 is 5.71. The molecule has 0 aromatic heterocycles. The molecular weight excluding hydrogens is 279 g/mol. The Bertz CT molecular complexity index is 512. The molecule has 2 rings (SSSR count). The van der Waals surface area contributed by atoms with Crippen molar-refractivity contribution in [1.29, 1.82) is 0 Å². The quantitative estimate of drug-likeness (QED) is 0.751. The predicted octanol–water partition coefficient (Wildman–Crippen LogP) is 4.32. The van der Waals surface area contributed by atoms with Crippen LogP contribution in [-0.4, -0.2) is 11.8 Å². The number of hydrogen-bond acceptors (Lipinski definition) is 1. The van der Waals surface area contributed by atoms with E-state index in [1.807, 2.05) is 0 Å². The predicted molar refractivity (Wildman–Crippen MR) is 54.3 cm³/mol. The zero-order valence-corrected chi connectivity index (χ0v) is 9.45. The van der Waals surface area contributed by atoms with Gasteiger partial charge in [-0.3, -0.25) is 0 Å². The van der Waals surface area contributed by atoms with Crippen molar-refractivity contribution < 1.29 is 26.7 Å². The van der Waals surface area contributed by atoms with Gasteiger partial charge in [0, 0.05) is 10.6 Å². The van der Waals surface area contributed by atoms with Crippen molar-refractivity contribution in [2.75, 3.05) is 0 Å². The Morgan fingerprint density at radius 2 is 1.67 bits per heavy atom. The van der Waals surface area contributed by atoms with E-state index in [1.54, 1.807) is 12.1 Å². The average Bonchev–Trinajstić information content (AvgIpc) is 2.30. The lowest BCUT2D eigenvalue weighted by Crippen LogP contribution is -2.53. The SMILES string of the molecule is FC1=C(OCc2ccccc2Cl)C(F)(F)C1(F)F. The highest BCUT2D eigenvalue weighted by molar-refractivity contribution is 6.31. The summed E-state index contributed by atoms with van der Waals surface area (Å²) in [5.41, 5.74) is 0.297. The third-order valence-electron chi connectivity index (χ3n) is 2.48. The van der Waals surface area contributed by atoms with Crippen LogP contribution < -0.4 is 0 Å². The van der Waals surface area contributed by atoms with Crippen molar-refractivity contribution in [2.45, 2.75) is 18.5 Å². The lowest BCUT2D eigenvalue weighted by molar-refractivity contribution is -0.233. The summed E-state index contributed by atoms with van der Waals surface area (Å²) in [6, 6.07) is 6.08. The molecule has 0 unspecified atom stereocenters. The van der Waals surface area contributed by atoms with Gasteiger partial charge in [-0.05, 0) is 6.07 Å². The van der Waals surface area contributed by atoms with E-state index in [4.69, 9.17) is 11.6 Å². The molecule has 0 atom stereocenters. The molecule has 0 fully saturated rings. The van der Waals surface area contributed by atoms with Gasteiger partial charge in [-0.2, -0.15) is 17.6 Å². The number of alkyl halides is 4. The van der Waals surface area contributed by atoms with E-state index >= 15 is 0 Å². The standard InChI is InChI=1S/C11H6ClF5O/c12-7-4-2-1-3-6(7)5-18-9-8(13)10(14,15)11(9,16)17/h1-4H,5H2. The molecule has 0 radical (unpaired) electrons. The lowest BCUT2D eigenvalue weighted by Gasteiger charge is -2.35. The highest BCUT2D eigenvalue weighted by Gasteiger charge is 2.74. The number of rotatable bonds is 3. The van der Waals surface area contributed by atoms with Crippen molar-refractivity contribution in [1.82, 2.24) is 0 Å². The van der Waals surface area contributed by atoms with Crippen molar-refractivity contribution in [3.8, 4) is 0 Å². The molecule has 0 N–H and O–H groups in total. The summed E-state index contributed by atoms with van der Waals surface area (Å²) in [4.78, 5) is 0. The number of halogens is 6. The van der Waals surface area contributed by atoms with Crippen LogP contribution in [0.15, 0.2) is 35.9 Å². The molecule has 7 heteroatoms. The maximum Gasteiger partial charge on any atom is 0.375 e. The van der Waals surface area contributed by atoms with Crippen LogP contribution in [0.1, 0.15) is 5.56 Å². The first kappa shape index (κ1) is 13.1. The van der Waals surface area contributed by atoms with E-state index in [1.165, 1.54) is 12.1 Å². The van der Waals surface area contributed by atoms with Crippen LogP contribution in [0.5, 0.6) is 0 Å². The fraction of sp³-hybridized carbons (Fsp3) is 0.273. The Kier molecular flexibility index (Phi) is 3.01. The maximum atomic E-state index is 12.8. The van der Waals surface area contributed by atoms with Gasteiger partial charge in [-0.15, -0.1) is 0 Å². The number of ether oxygens (including phenoxy) is 1. The van der Waals surface area contributed by atoms with Gasteiger partial charge in [0.25, 0.3) is 0 Å². The Morgan fingerprint density at radius 3 is 2.22 bits per heavy atom. The summed E-state index contributed by atoms with van der Waals surface area (Å²) in [7, 11) is 0. The Labute approximate surface area is 104 Å². The zero-order chi connectivity index (χ0) is 13.6. The van der Waals surface area contributed by atoms with Crippen molar-refractivity contribution in [3.05, 3.63) is 46.4 Å². The molecule has 1 nitrogen and oxygen atoms in total. The first-order chi connectivity index (χ1) is 8.28. The van der Waals surface area contributed by atoms with Crippen LogP contribution in [0.2, 0.25) is 5.02 Å². The van der Waals surface area contributed by atoms with Gasteiger partial charge in [0.05, 0.1) is 0 Å². The van der Waals surface area contributed by atoms with Gasteiger partial charge in [0.15, 0.2) is 0 Å². The third kappa shape index (κ3) is 1.75. The minimum absolute atomic E-state index is 0.216. The summed E-state index contributed by atoms with van der Waals surface area (Å²) in [6.07, 6.45) is 0. The monoisotopic (exact) mass is 284 g/mol. The molecular formula is C11H6ClF5O. The largest absolute Gasteiger partial charge is 0.484 e. The normalized spacial score (nSPS) is 20.6. The molecule has 1 aliphatic rings. The van der Waals surface area contributed by atoms with Crippen molar-refractivity contribution in [3.63, 3.8) is 0 Å². The summed E-state index contributed by atoms with van der Waals surface area (Å²) < 4.78 is 67.8. The molecule has 0 heterocycles. The fourth-order valence-corrected chi connectivity index (χ4v) is 1.61. The Morgan fingerprint density at radius 1 is 1.06 bits per heavy atom. The summed E-state index contributed by atoms with van der Waals surface area (Å²) in [5, 5.41) is 0.216. The molecule has 0 spiro atoms. The summed E-state index contributed by atoms with van der Waals surface area (Å²) in [6.45, 7) is -0.506. The van der Waals surface area contributed by atoms with Crippen LogP contribution in [-0.2, 0) is 11.3 Å². The highest BCUT2D eigenvalue weighted by Crippen LogP contribution is 2.56. The molecule has 0 amide bonds. The molecule has 1 aromatic carbocycles. The fourth-order valence-electron chi connectivity index (χ4n) is 1.42. The molecule has 0 saturated carbocycles. The van der Waals surface area contributed by atoms with Gasteiger partial charge < -0.3 is 4.74 Å². The molecule has 1 aliphatic carbocycles. The second-order valence-corrected chi connectivity index (χ2v) is 4.08. The zero-order valence-electron chi connectivity index (χ0n) is 8.69. The maximum absolute atomic E-state index is 12.8. The topological polar surface area (TPSA) is 9.23 Å². The minimum Gasteiger partial charge on any atom is -0.484 e. The first-order valence-corrected chi connectivity index (χ1v) is 5.19. The van der Waals surface area contributed by atoms with Crippen molar-refractivity contribution in [2.24, 2.45) is 0 Å². The van der Waals surface area contributed by atoms with E-state index in [0.29, 0.717) is 5.56 Å². The molecule has 18 heavy (non-hydrogen) atoms. The van der Waals surface area contributed by atoms with E-state index in [0.717, 1.165) is 0 Å². The van der Waals surface area contributed by atoms with Crippen molar-refractivity contribution >= 4 is 11.6 Å². The molecule has 1 aromatic rings. The van der Waals surface area contributed by atoms with E-state index in [-0.39, 0.29) is 5.02 Å². The number of allylic oxidation sites excluding steroid dienone is 2. The second-order valence-electron chi connectivity index (χ2n) is 3.67. The van der Waals surface area contributed by atoms with Crippen LogP contribution in [0.25, 0.3) is 0 Å². The molecule has 98 valence electrons. The average molecular weight is 285 g/mol. The number of hydrogen-bond donors (Lipinski definition) is 0. The third-order valence-corrected chi connectivity index (χ3v) is 2.85. The van der Waals surface area contributed by atoms with E-state index in [2.05, 4.69) is 4.74 Å².